The molecule has 2 aliphatic heterocycles. The van der Waals surface area contributed by atoms with Crippen LogP contribution in [0.3, 0.4) is 0 Å². The molecule has 6 nitrogen and oxygen atoms in total. The Balaban J connectivity index is 1.58. The normalized spacial score (nSPS) is 30.8. The summed E-state index contributed by atoms with van der Waals surface area (Å²) in [7, 11) is 0. The molecule has 0 bridgehead atoms. The summed E-state index contributed by atoms with van der Waals surface area (Å²) in [5.41, 5.74) is 3.58. The van der Waals surface area contributed by atoms with Gasteiger partial charge in [0.05, 0.1) is 24.0 Å². The number of β-amino-alcohol motifs (C(OH)–C–C–N with tert-alkyl or cyclic N) is 1. The highest BCUT2D eigenvalue weighted by atomic mass is 16.5. The summed E-state index contributed by atoms with van der Waals surface area (Å²) >= 11 is 0. The standard InChI is InChI=1S/C18H32N4O2/c1-12-8-21(9-13(2)24-12)10-16(23)11-22-7-5-6-17(22)18-14(3)19-20-15(18)4/h12-13,16-17,23H,5-11H2,1-4H3,(H,19,20). The number of aromatic nitrogens is 2. The molecular weight excluding hydrogens is 304 g/mol. The Morgan fingerprint density at radius 1 is 1.25 bits per heavy atom. The Kier molecular flexibility index (Phi) is 5.59. The molecule has 2 N–H and O–H groups in total. The van der Waals surface area contributed by atoms with Crippen LogP contribution in [0.25, 0.3) is 0 Å². The molecule has 4 atom stereocenters. The molecule has 2 aliphatic rings. The number of nitrogens with one attached hydrogen (secondary N) is 1. The van der Waals surface area contributed by atoms with Gasteiger partial charge in [-0.3, -0.25) is 14.9 Å². The van der Waals surface area contributed by atoms with Gasteiger partial charge in [-0.05, 0) is 47.1 Å². The van der Waals surface area contributed by atoms with Crippen molar-refractivity contribution in [3.63, 3.8) is 0 Å². The maximum atomic E-state index is 10.6. The van der Waals surface area contributed by atoms with Crippen LogP contribution < -0.4 is 0 Å². The minimum Gasteiger partial charge on any atom is -0.390 e. The zero-order valence-electron chi connectivity index (χ0n) is 15.5. The van der Waals surface area contributed by atoms with E-state index in [4.69, 9.17) is 4.74 Å². The fraction of sp³-hybridized carbons (Fsp3) is 0.833. The zero-order valence-corrected chi connectivity index (χ0v) is 15.5. The number of aryl methyl sites for hydroxylation is 2. The van der Waals surface area contributed by atoms with Gasteiger partial charge < -0.3 is 9.84 Å². The highest BCUT2D eigenvalue weighted by Crippen LogP contribution is 2.34. The number of ether oxygens (including phenoxy) is 1. The summed E-state index contributed by atoms with van der Waals surface area (Å²) in [5, 5.41) is 18.1. The van der Waals surface area contributed by atoms with Crippen LogP contribution in [0, 0.1) is 13.8 Å². The zero-order chi connectivity index (χ0) is 17.3. The van der Waals surface area contributed by atoms with Crippen molar-refractivity contribution in [1.29, 1.82) is 0 Å². The molecular formula is C18H32N4O2. The summed E-state index contributed by atoms with van der Waals surface area (Å²) in [6, 6.07) is 0.390. The molecule has 0 radical (unpaired) electrons. The van der Waals surface area contributed by atoms with Gasteiger partial charge in [0.1, 0.15) is 0 Å². The number of H-pyrrole nitrogens is 1. The van der Waals surface area contributed by atoms with Crippen molar-refractivity contribution in [2.75, 3.05) is 32.7 Å². The minimum absolute atomic E-state index is 0.247. The van der Waals surface area contributed by atoms with Crippen molar-refractivity contribution in [2.45, 2.75) is 64.9 Å². The van der Waals surface area contributed by atoms with E-state index in [0.717, 1.165) is 50.5 Å². The van der Waals surface area contributed by atoms with Gasteiger partial charge in [0, 0.05) is 43.5 Å². The molecule has 0 amide bonds. The maximum Gasteiger partial charge on any atom is 0.0794 e. The molecule has 2 saturated heterocycles. The largest absolute Gasteiger partial charge is 0.390 e. The predicted octanol–water partition coefficient (Wildman–Crippen LogP) is 1.63. The van der Waals surface area contributed by atoms with Crippen molar-refractivity contribution in [1.82, 2.24) is 20.0 Å². The number of hydrogen-bond donors (Lipinski definition) is 2. The molecule has 1 aromatic rings. The highest BCUT2D eigenvalue weighted by molar-refractivity contribution is 5.28. The van der Waals surface area contributed by atoms with Crippen LogP contribution in [0.5, 0.6) is 0 Å². The van der Waals surface area contributed by atoms with E-state index >= 15 is 0 Å². The molecule has 0 aliphatic carbocycles. The predicted molar refractivity (Wildman–Crippen MR) is 94.1 cm³/mol. The van der Waals surface area contributed by atoms with E-state index in [2.05, 4.69) is 47.7 Å². The van der Waals surface area contributed by atoms with E-state index in [9.17, 15) is 5.11 Å². The summed E-state index contributed by atoms with van der Waals surface area (Å²) in [6.07, 6.45) is 2.51. The van der Waals surface area contributed by atoms with Gasteiger partial charge in [0.25, 0.3) is 0 Å². The number of aliphatic hydroxyl groups excluding tert-OH is 1. The Morgan fingerprint density at radius 3 is 2.58 bits per heavy atom. The average molecular weight is 336 g/mol. The Morgan fingerprint density at radius 2 is 1.96 bits per heavy atom. The lowest BCUT2D eigenvalue weighted by Crippen LogP contribution is -2.49. The number of hydrogen-bond acceptors (Lipinski definition) is 5. The van der Waals surface area contributed by atoms with E-state index in [1.165, 1.54) is 12.0 Å². The van der Waals surface area contributed by atoms with Crippen molar-refractivity contribution >= 4 is 0 Å². The van der Waals surface area contributed by atoms with Crippen LogP contribution in [0.2, 0.25) is 0 Å². The molecule has 2 fully saturated rings. The molecule has 6 heteroatoms. The molecule has 1 aromatic heterocycles. The number of aliphatic hydroxyl groups is 1. The van der Waals surface area contributed by atoms with Gasteiger partial charge in [-0.15, -0.1) is 0 Å². The summed E-state index contributed by atoms with van der Waals surface area (Å²) < 4.78 is 5.78. The summed E-state index contributed by atoms with van der Waals surface area (Å²) in [6.45, 7) is 12.7. The lowest BCUT2D eigenvalue weighted by Gasteiger charge is -2.37. The molecule has 0 spiro atoms. The van der Waals surface area contributed by atoms with Crippen molar-refractivity contribution in [2.24, 2.45) is 0 Å². The first-order chi connectivity index (χ1) is 11.4. The average Bonchev–Trinajstić information content (AvgIpc) is 3.04. The molecule has 4 unspecified atom stereocenters. The van der Waals surface area contributed by atoms with Crippen molar-refractivity contribution in [3.8, 4) is 0 Å². The molecule has 0 aromatic carbocycles. The molecule has 136 valence electrons. The lowest BCUT2D eigenvalue weighted by molar-refractivity contribution is -0.0782. The number of likely N-dealkylation sites (tertiary alicyclic amines) is 1. The minimum atomic E-state index is -0.324. The first-order valence-corrected chi connectivity index (χ1v) is 9.25. The van der Waals surface area contributed by atoms with Gasteiger partial charge >= 0.3 is 0 Å². The van der Waals surface area contributed by atoms with Gasteiger partial charge in [0.2, 0.25) is 0 Å². The van der Waals surface area contributed by atoms with Crippen LogP contribution in [0.1, 0.15) is 49.7 Å². The third-order valence-corrected chi connectivity index (χ3v) is 5.29. The lowest BCUT2D eigenvalue weighted by atomic mass is 10.0. The van der Waals surface area contributed by atoms with Crippen LogP contribution in [0.4, 0.5) is 0 Å². The molecule has 24 heavy (non-hydrogen) atoms. The third kappa shape index (κ3) is 3.99. The summed E-state index contributed by atoms with van der Waals surface area (Å²) in [4.78, 5) is 4.77. The fourth-order valence-electron chi connectivity index (χ4n) is 4.48. The quantitative estimate of drug-likeness (QED) is 0.856. The summed E-state index contributed by atoms with van der Waals surface area (Å²) in [5.74, 6) is 0. The van der Waals surface area contributed by atoms with Gasteiger partial charge in [-0.1, -0.05) is 0 Å². The fourth-order valence-corrected chi connectivity index (χ4v) is 4.48. The van der Waals surface area contributed by atoms with Gasteiger partial charge in [-0.25, -0.2) is 0 Å². The monoisotopic (exact) mass is 336 g/mol. The van der Waals surface area contributed by atoms with Gasteiger partial charge in [-0.2, -0.15) is 5.10 Å². The number of morpholine rings is 1. The van der Waals surface area contributed by atoms with E-state index in [1.807, 2.05) is 0 Å². The van der Waals surface area contributed by atoms with Gasteiger partial charge in [0.15, 0.2) is 0 Å². The van der Waals surface area contributed by atoms with Crippen LogP contribution >= 0.6 is 0 Å². The Hall–Kier alpha value is -0.950. The van der Waals surface area contributed by atoms with Crippen LogP contribution in [-0.4, -0.2) is 76.1 Å². The first-order valence-electron chi connectivity index (χ1n) is 9.25. The smallest absolute Gasteiger partial charge is 0.0794 e. The van der Waals surface area contributed by atoms with Crippen molar-refractivity contribution in [3.05, 3.63) is 17.0 Å². The maximum absolute atomic E-state index is 10.6. The molecule has 3 heterocycles. The van der Waals surface area contributed by atoms with Crippen LogP contribution in [-0.2, 0) is 4.74 Å². The first kappa shape index (κ1) is 17.9. The van der Waals surface area contributed by atoms with E-state index < -0.39 is 0 Å². The topological polar surface area (TPSA) is 64.6 Å². The van der Waals surface area contributed by atoms with Crippen LogP contribution in [0.15, 0.2) is 0 Å². The Labute approximate surface area is 145 Å². The second-order valence-corrected chi connectivity index (χ2v) is 7.63. The number of rotatable bonds is 5. The number of aromatic amines is 1. The van der Waals surface area contributed by atoms with E-state index in [-0.39, 0.29) is 18.3 Å². The third-order valence-electron chi connectivity index (χ3n) is 5.29. The SMILES string of the molecule is Cc1n[nH]c(C)c1C1CCCN1CC(O)CN1CC(C)OC(C)C1. The Bertz CT molecular complexity index is 518. The second-order valence-electron chi connectivity index (χ2n) is 7.63. The highest BCUT2D eigenvalue weighted by Gasteiger charge is 2.32. The molecule has 3 rings (SSSR count). The van der Waals surface area contributed by atoms with E-state index in [0.29, 0.717) is 6.04 Å². The van der Waals surface area contributed by atoms with E-state index in [1.54, 1.807) is 0 Å². The second kappa shape index (κ2) is 7.52. The molecule has 0 saturated carbocycles. The van der Waals surface area contributed by atoms with Crippen molar-refractivity contribution < 1.29 is 9.84 Å². The number of nitrogens with zero attached hydrogens (tertiary/aromatic N) is 3.